The molecule has 1 saturated heterocycles. The van der Waals surface area contributed by atoms with E-state index in [4.69, 9.17) is 0 Å². The summed E-state index contributed by atoms with van der Waals surface area (Å²) < 4.78 is 0. The van der Waals surface area contributed by atoms with E-state index in [1.54, 1.807) is 0 Å². The second kappa shape index (κ2) is 4.43. The van der Waals surface area contributed by atoms with Crippen molar-refractivity contribution in [1.82, 2.24) is 10.2 Å². The average molecular weight is 182 g/mol. The lowest BCUT2D eigenvalue weighted by Crippen LogP contribution is -2.49. The first-order valence-corrected chi connectivity index (χ1v) is 5.86. The van der Waals surface area contributed by atoms with Crippen LogP contribution < -0.4 is 5.32 Å². The summed E-state index contributed by atoms with van der Waals surface area (Å²) in [6.07, 6.45) is 5.78. The lowest BCUT2D eigenvalue weighted by molar-refractivity contribution is 0.139. The molecule has 2 nitrogen and oxygen atoms in total. The number of nitrogens with one attached hydrogen (secondary N) is 1. The van der Waals surface area contributed by atoms with E-state index in [1.807, 2.05) is 0 Å². The van der Waals surface area contributed by atoms with Crippen molar-refractivity contribution in [3.63, 3.8) is 0 Å². The van der Waals surface area contributed by atoms with Gasteiger partial charge in [-0.2, -0.15) is 0 Å². The molecule has 0 radical (unpaired) electrons. The summed E-state index contributed by atoms with van der Waals surface area (Å²) in [5.74, 6) is 0.998. The van der Waals surface area contributed by atoms with Crippen LogP contribution in [0.5, 0.6) is 0 Å². The molecule has 1 N–H and O–H groups in total. The number of rotatable bonds is 2. The van der Waals surface area contributed by atoms with Crippen molar-refractivity contribution in [1.29, 1.82) is 0 Å². The van der Waals surface area contributed by atoms with Gasteiger partial charge in [0.2, 0.25) is 0 Å². The standard InChI is InChI=1S/C11H22N2/c1-2-10-4-3-5-11(10)13-8-6-12-7-9-13/h10-12H,2-9H2,1H3. The van der Waals surface area contributed by atoms with Crippen LogP contribution in [-0.4, -0.2) is 37.1 Å². The van der Waals surface area contributed by atoms with Gasteiger partial charge in [-0.3, -0.25) is 4.90 Å². The van der Waals surface area contributed by atoms with Gasteiger partial charge in [-0.05, 0) is 18.8 Å². The smallest absolute Gasteiger partial charge is 0.0124 e. The minimum Gasteiger partial charge on any atom is -0.314 e. The van der Waals surface area contributed by atoms with E-state index in [9.17, 15) is 0 Å². The van der Waals surface area contributed by atoms with Gasteiger partial charge in [-0.1, -0.05) is 19.8 Å². The van der Waals surface area contributed by atoms with Crippen LogP contribution in [0.2, 0.25) is 0 Å². The molecule has 0 spiro atoms. The summed E-state index contributed by atoms with van der Waals surface area (Å²) in [6, 6.07) is 0.923. The van der Waals surface area contributed by atoms with Gasteiger partial charge in [0.15, 0.2) is 0 Å². The van der Waals surface area contributed by atoms with E-state index in [2.05, 4.69) is 17.1 Å². The number of hydrogen-bond donors (Lipinski definition) is 1. The van der Waals surface area contributed by atoms with Crippen LogP contribution in [0.25, 0.3) is 0 Å². The van der Waals surface area contributed by atoms with Gasteiger partial charge < -0.3 is 5.32 Å². The first-order valence-electron chi connectivity index (χ1n) is 5.86. The van der Waals surface area contributed by atoms with Crippen LogP contribution in [0, 0.1) is 5.92 Å². The molecular formula is C11H22N2. The molecule has 2 heteroatoms. The fraction of sp³-hybridized carbons (Fsp3) is 1.00. The van der Waals surface area contributed by atoms with Gasteiger partial charge in [0.05, 0.1) is 0 Å². The molecule has 1 aliphatic heterocycles. The Hall–Kier alpha value is -0.0800. The molecule has 2 atom stereocenters. The van der Waals surface area contributed by atoms with Gasteiger partial charge >= 0.3 is 0 Å². The zero-order valence-electron chi connectivity index (χ0n) is 8.76. The second-order valence-corrected chi connectivity index (χ2v) is 4.45. The number of nitrogens with zero attached hydrogens (tertiary/aromatic N) is 1. The van der Waals surface area contributed by atoms with Crippen molar-refractivity contribution in [3.8, 4) is 0 Å². The van der Waals surface area contributed by atoms with Crippen LogP contribution >= 0.6 is 0 Å². The van der Waals surface area contributed by atoms with Crippen molar-refractivity contribution >= 4 is 0 Å². The van der Waals surface area contributed by atoms with Gasteiger partial charge in [0.1, 0.15) is 0 Å². The minimum absolute atomic E-state index is 0.923. The summed E-state index contributed by atoms with van der Waals surface area (Å²) in [7, 11) is 0. The molecule has 0 aromatic carbocycles. The predicted molar refractivity (Wildman–Crippen MR) is 55.9 cm³/mol. The largest absolute Gasteiger partial charge is 0.314 e. The molecule has 0 bridgehead atoms. The SMILES string of the molecule is CCC1CCCC1N1CCNCC1. The quantitative estimate of drug-likeness (QED) is 0.695. The third kappa shape index (κ3) is 2.05. The highest BCUT2D eigenvalue weighted by Gasteiger charge is 2.30. The van der Waals surface area contributed by atoms with Crippen molar-refractivity contribution in [2.45, 2.75) is 38.6 Å². The highest BCUT2D eigenvalue weighted by atomic mass is 15.2. The zero-order chi connectivity index (χ0) is 9.10. The lowest BCUT2D eigenvalue weighted by Gasteiger charge is -2.35. The third-order valence-corrected chi connectivity index (χ3v) is 3.76. The average Bonchev–Trinajstić information content (AvgIpc) is 2.67. The fourth-order valence-electron chi connectivity index (χ4n) is 2.99. The van der Waals surface area contributed by atoms with Gasteiger partial charge in [-0.25, -0.2) is 0 Å². The van der Waals surface area contributed by atoms with E-state index in [0.29, 0.717) is 0 Å². The Kier molecular flexibility index (Phi) is 3.23. The molecular weight excluding hydrogens is 160 g/mol. The Morgan fingerprint density at radius 2 is 2.00 bits per heavy atom. The van der Waals surface area contributed by atoms with Crippen LogP contribution in [0.1, 0.15) is 32.6 Å². The molecule has 1 heterocycles. The Morgan fingerprint density at radius 3 is 2.69 bits per heavy atom. The molecule has 0 amide bonds. The van der Waals surface area contributed by atoms with Gasteiger partial charge in [0.25, 0.3) is 0 Å². The van der Waals surface area contributed by atoms with E-state index >= 15 is 0 Å². The van der Waals surface area contributed by atoms with Crippen molar-refractivity contribution in [2.24, 2.45) is 5.92 Å². The summed E-state index contributed by atoms with van der Waals surface area (Å²) in [5.41, 5.74) is 0. The molecule has 13 heavy (non-hydrogen) atoms. The first-order chi connectivity index (χ1) is 6.42. The van der Waals surface area contributed by atoms with Crippen molar-refractivity contribution in [2.75, 3.05) is 26.2 Å². The maximum atomic E-state index is 3.43. The lowest BCUT2D eigenvalue weighted by atomic mass is 9.99. The van der Waals surface area contributed by atoms with Crippen molar-refractivity contribution in [3.05, 3.63) is 0 Å². The Bertz CT molecular complexity index is 152. The van der Waals surface area contributed by atoms with E-state index in [1.165, 1.54) is 51.9 Å². The van der Waals surface area contributed by atoms with Crippen LogP contribution in [0.4, 0.5) is 0 Å². The molecule has 2 rings (SSSR count). The topological polar surface area (TPSA) is 15.3 Å². The fourth-order valence-corrected chi connectivity index (χ4v) is 2.99. The molecule has 0 aromatic heterocycles. The van der Waals surface area contributed by atoms with Crippen LogP contribution in [0.15, 0.2) is 0 Å². The summed E-state index contributed by atoms with van der Waals surface area (Å²) in [6.45, 7) is 7.31. The monoisotopic (exact) mass is 182 g/mol. The Morgan fingerprint density at radius 1 is 1.23 bits per heavy atom. The first kappa shape index (κ1) is 9.47. The molecule has 2 aliphatic rings. The van der Waals surface area contributed by atoms with Gasteiger partial charge in [0, 0.05) is 32.2 Å². The molecule has 76 valence electrons. The summed E-state index contributed by atoms with van der Waals surface area (Å²) in [5, 5.41) is 3.43. The predicted octanol–water partition coefficient (Wildman–Crippen LogP) is 1.47. The van der Waals surface area contributed by atoms with E-state index in [0.717, 1.165) is 12.0 Å². The Labute approximate surface area is 81.7 Å². The number of piperazine rings is 1. The van der Waals surface area contributed by atoms with Crippen LogP contribution in [-0.2, 0) is 0 Å². The molecule has 1 saturated carbocycles. The normalized spacial score (nSPS) is 36.7. The van der Waals surface area contributed by atoms with Crippen molar-refractivity contribution < 1.29 is 0 Å². The highest BCUT2D eigenvalue weighted by molar-refractivity contribution is 4.86. The maximum Gasteiger partial charge on any atom is 0.0124 e. The highest BCUT2D eigenvalue weighted by Crippen LogP contribution is 2.32. The minimum atomic E-state index is 0.923. The number of hydrogen-bond acceptors (Lipinski definition) is 2. The third-order valence-electron chi connectivity index (χ3n) is 3.76. The molecule has 2 unspecified atom stereocenters. The van der Waals surface area contributed by atoms with E-state index in [-0.39, 0.29) is 0 Å². The molecule has 1 aliphatic carbocycles. The molecule has 2 fully saturated rings. The van der Waals surface area contributed by atoms with E-state index < -0.39 is 0 Å². The maximum absolute atomic E-state index is 3.43. The Balaban J connectivity index is 1.90. The van der Waals surface area contributed by atoms with Crippen LogP contribution in [0.3, 0.4) is 0 Å². The van der Waals surface area contributed by atoms with Gasteiger partial charge in [-0.15, -0.1) is 0 Å². The summed E-state index contributed by atoms with van der Waals surface area (Å²) in [4.78, 5) is 2.72. The second-order valence-electron chi connectivity index (χ2n) is 4.45. The zero-order valence-corrected chi connectivity index (χ0v) is 8.76. The molecule has 0 aromatic rings. The summed E-state index contributed by atoms with van der Waals surface area (Å²) >= 11 is 0.